The van der Waals surface area contributed by atoms with Crippen molar-refractivity contribution in [3.8, 4) is 0 Å². The first-order chi connectivity index (χ1) is 1.73. The first-order valence-corrected chi connectivity index (χ1v) is 0.707. The Morgan fingerprint density at radius 3 is 1.00 bits per heavy atom. The van der Waals surface area contributed by atoms with Gasteiger partial charge < -0.3 is 15.1 Å². The van der Waals surface area contributed by atoms with Gasteiger partial charge >= 0.3 is 0 Å². The van der Waals surface area contributed by atoms with E-state index in [9.17, 15) is 0 Å². The van der Waals surface area contributed by atoms with Crippen molar-refractivity contribution in [2.45, 2.75) is 0 Å². The van der Waals surface area contributed by atoms with E-state index in [1.54, 1.807) is 0 Å². The second-order valence-electron chi connectivity index (χ2n) is 0.289. The van der Waals surface area contributed by atoms with Crippen molar-refractivity contribution in [1.29, 1.82) is 0 Å². The third-order valence-electron chi connectivity index (χ3n) is 0. The minimum absolute atomic E-state index is 0. The van der Waals surface area contributed by atoms with Crippen molar-refractivity contribution in [3.05, 3.63) is 0 Å². The molecule has 0 spiro atoms. The van der Waals surface area contributed by atoms with Crippen molar-refractivity contribution in [3.63, 3.8) is 0 Å². The number of halogens is 1. The molecule has 0 amide bonds. The summed E-state index contributed by atoms with van der Waals surface area (Å²) in [4.78, 5) is 0. The first kappa shape index (κ1) is 16.1. The van der Waals surface area contributed by atoms with Crippen molar-refractivity contribution in [1.82, 2.24) is 0 Å². The van der Waals surface area contributed by atoms with E-state index in [0.717, 1.165) is 0 Å². The normalized spacial score (nSPS) is 4.50. The van der Waals surface area contributed by atoms with Crippen LogP contribution in [0, 0.1) is 0 Å². The summed E-state index contributed by atoms with van der Waals surface area (Å²) in [7, 11) is -2.92. The van der Waals surface area contributed by atoms with Crippen LogP contribution >= 0.6 is 0 Å². The van der Waals surface area contributed by atoms with Gasteiger partial charge in [-0.15, -0.1) is 0 Å². The second kappa shape index (κ2) is 9.04. The average Bonchev–Trinajstić information content (AvgIpc) is 0.811. The predicted octanol–water partition coefficient (Wildman–Crippen LogP) is -3.80. The van der Waals surface area contributed by atoms with Gasteiger partial charge in [0.05, 0.1) is 0 Å². The maximum absolute atomic E-state index is 8.42. The van der Waals surface area contributed by atoms with Crippen LogP contribution < -0.4 is 15.1 Å². The van der Waals surface area contributed by atoms with Gasteiger partial charge in [-0.1, -0.05) is 0 Å². The van der Waals surface area contributed by atoms with Gasteiger partial charge in [0.1, 0.15) is 0 Å². The molecule has 43 valence electrons. The number of rotatable bonds is 0. The summed E-state index contributed by atoms with van der Waals surface area (Å²) < 4.78 is 0. The zero-order valence-electron chi connectivity index (χ0n) is 2.51. The van der Waals surface area contributed by atoms with Crippen LogP contribution in [0.5, 0.6) is 0 Å². The minimum atomic E-state index is -2.92. The molecule has 6 heavy (non-hydrogen) atoms. The van der Waals surface area contributed by atoms with Gasteiger partial charge in [-0.3, -0.25) is 12.0 Å². The van der Waals surface area contributed by atoms with Gasteiger partial charge in [0, 0.05) is 17.1 Å². The van der Waals surface area contributed by atoms with Crippen molar-refractivity contribution < 1.29 is 36.8 Å². The van der Waals surface area contributed by atoms with Gasteiger partial charge in [0.2, 0.25) is 0 Å². The molecular formula is HBCuFO3-3. The Hall–Kier alpha value is 0.394. The Kier molecular flexibility index (Phi) is 24.3. The van der Waals surface area contributed by atoms with E-state index in [2.05, 4.69) is 0 Å². The Bertz CT molecular complexity index is 15.5. The fourth-order valence-electron chi connectivity index (χ4n) is 0. The van der Waals surface area contributed by atoms with Crippen LogP contribution in [-0.4, -0.2) is 7.32 Å². The third kappa shape index (κ3) is 325. The molecule has 0 aliphatic heterocycles. The van der Waals surface area contributed by atoms with Crippen LogP contribution in [-0.2, 0) is 17.1 Å². The van der Waals surface area contributed by atoms with E-state index in [1.165, 1.54) is 0 Å². The molecule has 0 fully saturated rings. The molecule has 0 aliphatic carbocycles. The smallest absolute Gasteiger partial charge is 0 e. The molecule has 0 rings (SSSR count). The SMILES string of the molecule is F.[Cu].[O-]B([O-])[O-]. The van der Waals surface area contributed by atoms with Crippen molar-refractivity contribution in [2.24, 2.45) is 0 Å². The first-order valence-electron chi connectivity index (χ1n) is 0.707. The molecule has 0 aromatic carbocycles. The van der Waals surface area contributed by atoms with Gasteiger partial charge in [-0.25, -0.2) is 0 Å². The van der Waals surface area contributed by atoms with Crippen LogP contribution in [0.2, 0.25) is 0 Å². The number of hydrogen-bond donors (Lipinski definition) is 0. The third-order valence-corrected chi connectivity index (χ3v) is 0. The summed E-state index contributed by atoms with van der Waals surface area (Å²) in [6.07, 6.45) is 0. The van der Waals surface area contributed by atoms with E-state index in [4.69, 9.17) is 15.1 Å². The quantitative estimate of drug-likeness (QED) is 0.326. The summed E-state index contributed by atoms with van der Waals surface area (Å²) in [6, 6.07) is 0. The summed E-state index contributed by atoms with van der Waals surface area (Å²) in [5, 5.41) is 25.2. The Morgan fingerprint density at radius 2 is 1.00 bits per heavy atom. The van der Waals surface area contributed by atoms with E-state index < -0.39 is 7.32 Å². The monoisotopic (exact) mass is 142 g/mol. The van der Waals surface area contributed by atoms with Crippen LogP contribution in [0.3, 0.4) is 0 Å². The molecule has 0 heterocycles. The molecular weight excluding hydrogens is 141 g/mol. The Labute approximate surface area is 45.0 Å². The van der Waals surface area contributed by atoms with E-state index in [-0.39, 0.29) is 21.8 Å². The average molecular weight is 142 g/mol. The van der Waals surface area contributed by atoms with Crippen LogP contribution in [0.25, 0.3) is 0 Å². The number of hydrogen-bond acceptors (Lipinski definition) is 3. The molecule has 0 aliphatic rings. The van der Waals surface area contributed by atoms with E-state index in [0.29, 0.717) is 0 Å². The van der Waals surface area contributed by atoms with Crippen LogP contribution in [0.4, 0.5) is 4.70 Å². The van der Waals surface area contributed by atoms with Crippen LogP contribution in [0.15, 0.2) is 0 Å². The molecule has 0 aromatic rings. The molecule has 0 atom stereocenters. The predicted molar refractivity (Wildman–Crippen MR) is 8.26 cm³/mol. The summed E-state index contributed by atoms with van der Waals surface area (Å²) >= 11 is 0. The molecule has 6 heteroatoms. The van der Waals surface area contributed by atoms with E-state index >= 15 is 0 Å². The fraction of sp³-hybridized carbons (Fsp3) is 0. The maximum Gasteiger partial charge on any atom is 0 e. The van der Waals surface area contributed by atoms with Gasteiger partial charge in [0.25, 0.3) is 0 Å². The van der Waals surface area contributed by atoms with Crippen LogP contribution in [0.1, 0.15) is 0 Å². The standard InChI is InChI=1S/BO3.Cu.FH/c2-1(3)4;;/h;;1H/q-3;;. The minimum Gasteiger partial charge on any atom is -0.907 e. The van der Waals surface area contributed by atoms with Gasteiger partial charge in [0.15, 0.2) is 0 Å². The van der Waals surface area contributed by atoms with Gasteiger partial charge in [-0.2, -0.15) is 0 Å². The maximum atomic E-state index is 8.42. The summed E-state index contributed by atoms with van der Waals surface area (Å²) in [5.74, 6) is 0. The molecule has 0 bridgehead atoms. The second-order valence-corrected chi connectivity index (χ2v) is 0.289. The van der Waals surface area contributed by atoms with E-state index in [1.807, 2.05) is 0 Å². The largest absolute Gasteiger partial charge is 0.907 e. The zero-order chi connectivity index (χ0) is 3.58. The fourth-order valence-corrected chi connectivity index (χ4v) is 0. The molecule has 0 saturated heterocycles. The topological polar surface area (TPSA) is 69.2 Å². The summed E-state index contributed by atoms with van der Waals surface area (Å²) in [5.41, 5.74) is 0. The molecule has 0 saturated carbocycles. The Morgan fingerprint density at radius 1 is 1.00 bits per heavy atom. The van der Waals surface area contributed by atoms with Crippen molar-refractivity contribution >= 4 is 7.32 Å². The van der Waals surface area contributed by atoms with Crippen molar-refractivity contribution in [2.75, 3.05) is 0 Å². The molecule has 1 radical (unpaired) electrons. The molecule has 0 N–H and O–H groups in total. The Balaban J connectivity index is -0.0000000450. The molecule has 0 unspecified atom stereocenters. The zero-order valence-corrected chi connectivity index (χ0v) is 3.45. The molecule has 0 aromatic heterocycles. The summed E-state index contributed by atoms with van der Waals surface area (Å²) in [6.45, 7) is 0. The molecule has 3 nitrogen and oxygen atoms in total. The van der Waals surface area contributed by atoms with Gasteiger partial charge in [-0.05, 0) is 0 Å².